The predicted molar refractivity (Wildman–Crippen MR) is 67.7 cm³/mol. The molecular formula is C12H18ClN3. The minimum absolute atomic E-state index is 0.400. The van der Waals surface area contributed by atoms with Crippen molar-refractivity contribution in [2.24, 2.45) is 11.7 Å². The lowest BCUT2D eigenvalue weighted by molar-refractivity contribution is 0.436. The first-order chi connectivity index (χ1) is 7.70. The molecule has 4 heteroatoms. The van der Waals surface area contributed by atoms with Gasteiger partial charge in [-0.1, -0.05) is 18.5 Å². The van der Waals surface area contributed by atoms with Gasteiger partial charge in [-0.3, -0.25) is 0 Å². The highest BCUT2D eigenvalue weighted by Gasteiger charge is 2.17. The molecule has 0 saturated carbocycles. The first kappa shape index (κ1) is 11.7. The highest BCUT2D eigenvalue weighted by atomic mass is 35.5. The minimum atomic E-state index is 0.400. The number of nitrogens with two attached hydrogens (primary N) is 1. The van der Waals surface area contributed by atoms with Crippen LogP contribution in [0.3, 0.4) is 0 Å². The third kappa shape index (κ3) is 2.47. The summed E-state index contributed by atoms with van der Waals surface area (Å²) in [5, 5.41) is 0.664. The number of hydrogen-bond donors (Lipinski definition) is 1. The number of anilines is 1. The number of rotatable bonds is 2. The van der Waals surface area contributed by atoms with Gasteiger partial charge >= 0.3 is 0 Å². The van der Waals surface area contributed by atoms with Crippen LogP contribution < -0.4 is 10.6 Å². The molecule has 0 amide bonds. The maximum Gasteiger partial charge on any atom is 0.128 e. The third-order valence-corrected chi connectivity index (χ3v) is 3.55. The molecule has 0 aliphatic carbocycles. The largest absolute Gasteiger partial charge is 0.357 e. The Hall–Kier alpha value is -0.800. The van der Waals surface area contributed by atoms with Gasteiger partial charge in [-0.25, -0.2) is 4.98 Å². The van der Waals surface area contributed by atoms with E-state index >= 15 is 0 Å². The van der Waals surface area contributed by atoms with Gasteiger partial charge in [0.25, 0.3) is 0 Å². The molecule has 0 aromatic carbocycles. The van der Waals surface area contributed by atoms with E-state index in [2.05, 4.69) is 16.8 Å². The Morgan fingerprint density at radius 2 is 2.12 bits per heavy atom. The van der Waals surface area contributed by atoms with Crippen molar-refractivity contribution in [3.8, 4) is 0 Å². The molecule has 2 N–H and O–H groups in total. The summed E-state index contributed by atoms with van der Waals surface area (Å²) in [5.74, 6) is 1.84. The standard InChI is InChI=1S/C12H18ClN3/c1-9-4-6-16(7-5-9)12-3-2-10(13)11(8-14)15-12/h2-3,9H,4-8,14H2,1H3. The molecule has 1 saturated heterocycles. The fourth-order valence-electron chi connectivity index (χ4n) is 2.03. The molecular weight excluding hydrogens is 222 g/mol. The van der Waals surface area contributed by atoms with Crippen molar-refractivity contribution in [2.45, 2.75) is 26.3 Å². The molecule has 0 atom stereocenters. The molecule has 1 fully saturated rings. The highest BCUT2D eigenvalue weighted by molar-refractivity contribution is 6.31. The van der Waals surface area contributed by atoms with E-state index in [0.717, 1.165) is 30.5 Å². The smallest absolute Gasteiger partial charge is 0.128 e. The zero-order chi connectivity index (χ0) is 11.5. The van der Waals surface area contributed by atoms with Crippen LogP contribution in [0.25, 0.3) is 0 Å². The van der Waals surface area contributed by atoms with Gasteiger partial charge in [0, 0.05) is 19.6 Å². The van der Waals surface area contributed by atoms with Gasteiger partial charge in [-0.2, -0.15) is 0 Å². The van der Waals surface area contributed by atoms with Gasteiger partial charge in [0.15, 0.2) is 0 Å². The number of piperidine rings is 1. The number of halogens is 1. The van der Waals surface area contributed by atoms with Gasteiger partial charge in [0.05, 0.1) is 10.7 Å². The maximum atomic E-state index is 6.00. The summed E-state index contributed by atoms with van der Waals surface area (Å²) in [4.78, 5) is 6.82. The van der Waals surface area contributed by atoms with Crippen LogP contribution in [0.15, 0.2) is 12.1 Å². The van der Waals surface area contributed by atoms with Crippen molar-refractivity contribution < 1.29 is 0 Å². The second-order valence-corrected chi connectivity index (χ2v) is 4.88. The average Bonchev–Trinajstić information content (AvgIpc) is 2.31. The Balaban J connectivity index is 2.14. The maximum absolute atomic E-state index is 6.00. The number of hydrogen-bond acceptors (Lipinski definition) is 3. The molecule has 3 nitrogen and oxygen atoms in total. The lowest BCUT2D eigenvalue weighted by Gasteiger charge is -2.31. The molecule has 0 radical (unpaired) electrons. The van der Waals surface area contributed by atoms with Crippen LogP contribution in [0.4, 0.5) is 5.82 Å². The van der Waals surface area contributed by atoms with Crippen molar-refractivity contribution >= 4 is 17.4 Å². The molecule has 0 bridgehead atoms. The number of pyridine rings is 1. The third-order valence-electron chi connectivity index (χ3n) is 3.20. The highest BCUT2D eigenvalue weighted by Crippen LogP contribution is 2.23. The molecule has 1 aromatic rings. The van der Waals surface area contributed by atoms with Crippen LogP contribution in [0.1, 0.15) is 25.5 Å². The Morgan fingerprint density at radius 3 is 2.75 bits per heavy atom. The quantitative estimate of drug-likeness (QED) is 0.862. The molecule has 16 heavy (non-hydrogen) atoms. The normalized spacial score (nSPS) is 17.8. The summed E-state index contributed by atoms with van der Waals surface area (Å²) in [6, 6.07) is 3.88. The summed E-state index contributed by atoms with van der Waals surface area (Å²) >= 11 is 6.00. The van der Waals surface area contributed by atoms with Gasteiger partial charge in [-0.05, 0) is 30.9 Å². The van der Waals surface area contributed by atoms with Crippen molar-refractivity contribution in [3.05, 3.63) is 22.8 Å². The minimum Gasteiger partial charge on any atom is -0.357 e. The lowest BCUT2D eigenvalue weighted by atomic mass is 9.99. The molecule has 2 heterocycles. The zero-order valence-electron chi connectivity index (χ0n) is 9.62. The van der Waals surface area contributed by atoms with E-state index in [1.54, 1.807) is 0 Å². The van der Waals surface area contributed by atoms with Crippen molar-refractivity contribution in [3.63, 3.8) is 0 Å². The summed E-state index contributed by atoms with van der Waals surface area (Å²) in [6.07, 6.45) is 2.48. The summed E-state index contributed by atoms with van der Waals surface area (Å²) in [6.45, 7) is 4.87. The Labute approximate surface area is 102 Å². The fraction of sp³-hybridized carbons (Fsp3) is 0.583. The van der Waals surface area contributed by atoms with Crippen LogP contribution in [-0.2, 0) is 6.54 Å². The average molecular weight is 240 g/mol. The van der Waals surface area contributed by atoms with E-state index in [-0.39, 0.29) is 0 Å². The topological polar surface area (TPSA) is 42.1 Å². The summed E-state index contributed by atoms with van der Waals surface area (Å²) in [7, 11) is 0. The van der Waals surface area contributed by atoms with Gasteiger partial charge in [-0.15, -0.1) is 0 Å². The van der Waals surface area contributed by atoms with E-state index in [1.165, 1.54) is 12.8 Å². The summed E-state index contributed by atoms with van der Waals surface area (Å²) in [5.41, 5.74) is 6.40. The second kappa shape index (κ2) is 5.02. The first-order valence-corrected chi connectivity index (χ1v) is 6.19. The zero-order valence-corrected chi connectivity index (χ0v) is 10.4. The molecule has 1 aromatic heterocycles. The van der Waals surface area contributed by atoms with E-state index in [4.69, 9.17) is 17.3 Å². The first-order valence-electron chi connectivity index (χ1n) is 5.81. The van der Waals surface area contributed by atoms with Crippen molar-refractivity contribution in [2.75, 3.05) is 18.0 Å². The molecule has 88 valence electrons. The number of nitrogens with zero attached hydrogens (tertiary/aromatic N) is 2. The Bertz CT molecular complexity index is 359. The van der Waals surface area contributed by atoms with Crippen LogP contribution >= 0.6 is 11.6 Å². The van der Waals surface area contributed by atoms with Gasteiger partial charge in [0.2, 0.25) is 0 Å². The Morgan fingerprint density at radius 1 is 1.44 bits per heavy atom. The summed E-state index contributed by atoms with van der Waals surface area (Å²) < 4.78 is 0. The van der Waals surface area contributed by atoms with Crippen LogP contribution in [0.5, 0.6) is 0 Å². The Kier molecular flexibility index (Phi) is 3.66. The second-order valence-electron chi connectivity index (χ2n) is 4.47. The molecule has 0 spiro atoms. The molecule has 1 aliphatic rings. The monoisotopic (exact) mass is 239 g/mol. The fourth-order valence-corrected chi connectivity index (χ4v) is 2.21. The van der Waals surface area contributed by atoms with Gasteiger partial charge < -0.3 is 10.6 Å². The van der Waals surface area contributed by atoms with E-state index < -0.39 is 0 Å². The van der Waals surface area contributed by atoms with Crippen LogP contribution in [0, 0.1) is 5.92 Å². The van der Waals surface area contributed by atoms with Crippen LogP contribution in [-0.4, -0.2) is 18.1 Å². The SMILES string of the molecule is CC1CCN(c2ccc(Cl)c(CN)n2)CC1. The van der Waals surface area contributed by atoms with Crippen LogP contribution in [0.2, 0.25) is 5.02 Å². The van der Waals surface area contributed by atoms with Crippen molar-refractivity contribution in [1.82, 2.24) is 4.98 Å². The van der Waals surface area contributed by atoms with E-state index in [9.17, 15) is 0 Å². The number of aromatic nitrogens is 1. The molecule has 1 aliphatic heterocycles. The lowest BCUT2D eigenvalue weighted by Crippen LogP contribution is -2.33. The van der Waals surface area contributed by atoms with Gasteiger partial charge in [0.1, 0.15) is 5.82 Å². The predicted octanol–water partition coefficient (Wildman–Crippen LogP) is 2.43. The van der Waals surface area contributed by atoms with Crippen molar-refractivity contribution in [1.29, 1.82) is 0 Å². The van der Waals surface area contributed by atoms with E-state index in [1.807, 2.05) is 12.1 Å². The molecule has 0 unspecified atom stereocenters. The molecule has 2 rings (SSSR count). The van der Waals surface area contributed by atoms with E-state index in [0.29, 0.717) is 11.6 Å².